The standard InChI is InChI=1S/C18H21N5OS/c1-3-13-9-16(24)23-18(22-13)12-5-6-15(20-10-12)19-8-7-14-11-25-17(4-2)21-14/h5-6,9-11H,3-4,7-8H2,1-2H3,(H,19,20)(H,22,23,24). The second kappa shape index (κ2) is 8.02. The number of aromatic amines is 1. The molecule has 130 valence electrons. The van der Waals surface area contributed by atoms with Gasteiger partial charge in [-0.1, -0.05) is 13.8 Å². The van der Waals surface area contributed by atoms with Crippen molar-refractivity contribution in [3.05, 3.63) is 56.5 Å². The van der Waals surface area contributed by atoms with E-state index in [9.17, 15) is 4.79 Å². The summed E-state index contributed by atoms with van der Waals surface area (Å²) in [5.41, 5.74) is 2.54. The third-order valence-electron chi connectivity index (χ3n) is 3.78. The van der Waals surface area contributed by atoms with Crippen molar-refractivity contribution in [3.63, 3.8) is 0 Å². The Labute approximate surface area is 150 Å². The van der Waals surface area contributed by atoms with E-state index in [1.165, 1.54) is 11.1 Å². The third-order valence-corrected chi connectivity index (χ3v) is 4.82. The van der Waals surface area contributed by atoms with Crippen LogP contribution in [0, 0.1) is 0 Å². The topological polar surface area (TPSA) is 83.6 Å². The number of aryl methyl sites for hydroxylation is 2. The lowest BCUT2D eigenvalue weighted by Crippen LogP contribution is -2.10. The molecule has 3 aromatic heterocycles. The number of nitrogens with zero attached hydrogens (tertiary/aromatic N) is 3. The molecule has 0 aliphatic heterocycles. The fourth-order valence-corrected chi connectivity index (χ4v) is 3.19. The van der Waals surface area contributed by atoms with Crippen LogP contribution in [0.2, 0.25) is 0 Å². The molecule has 0 aromatic carbocycles. The molecule has 3 heterocycles. The first-order chi connectivity index (χ1) is 12.2. The summed E-state index contributed by atoms with van der Waals surface area (Å²) in [6, 6.07) is 5.33. The van der Waals surface area contributed by atoms with Gasteiger partial charge in [-0.3, -0.25) is 4.79 Å². The number of hydrogen-bond donors (Lipinski definition) is 2. The first-order valence-corrected chi connectivity index (χ1v) is 9.29. The Morgan fingerprint density at radius 1 is 1.16 bits per heavy atom. The molecule has 0 bridgehead atoms. The number of nitrogens with one attached hydrogen (secondary N) is 2. The Kier molecular flexibility index (Phi) is 5.55. The van der Waals surface area contributed by atoms with Crippen LogP contribution in [0.15, 0.2) is 34.6 Å². The molecular weight excluding hydrogens is 334 g/mol. The summed E-state index contributed by atoms with van der Waals surface area (Å²) in [5, 5.41) is 6.58. The summed E-state index contributed by atoms with van der Waals surface area (Å²) in [6.45, 7) is 4.87. The fourth-order valence-electron chi connectivity index (χ4n) is 2.41. The molecule has 0 amide bonds. The Hall–Kier alpha value is -2.54. The quantitative estimate of drug-likeness (QED) is 0.680. The van der Waals surface area contributed by atoms with Crippen LogP contribution in [0.25, 0.3) is 11.4 Å². The third kappa shape index (κ3) is 4.51. The zero-order valence-corrected chi connectivity index (χ0v) is 15.2. The Balaban J connectivity index is 1.62. The summed E-state index contributed by atoms with van der Waals surface area (Å²) in [4.78, 5) is 27.8. The highest BCUT2D eigenvalue weighted by Crippen LogP contribution is 2.15. The van der Waals surface area contributed by atoms with Gasteiger partial charge in [0.2, 0.25) is 0 Å². The van der Waals surface area contributed by atoms with Crippen molar-refractivity contribution in [3.8, 4) is 11.4 Å². The lowest BCUT2D eigenvalue weighted by atomic mass is 10.2. The summed E-state index contributed by atoms with van der Waals surface area (Å²) >= 11 is 1.71. The van der Waals surface area contributed by atoms with Crippen LogP contribution in [-0.4, -0.2) is 26.5 Å². The number of hydrogen-bond acceptors (Lipinski definition) is 6. The molecule has 0 saturated carbocycles. The first kappa shape index (κ1) is 17.3. The SMILES string of the molecule is CCc1cc(=O)[nH]c(-c2ccc(NCCc3csc(CC)n3)nc2)n1. The number of thiazole rings is 1. The maximum absolute atomic E-state index is 11.7. The minimum Gasteiger partial charge on any atom is -0.370 e. The van der Waals surface area contributed by atoms with Gasteiger partial charge >= 0.3 is 0 Å². The zero-order valence-electron chi connectivity index (χ0n) is 14.4. The lowest BCUT2D eigenvalue weighted by Gasteiger charge is -2.06. The second-order valence-corrected chi connectivity index (χ2v) is 6.58. The minimum atomic E-state index is -0.140. The molecule has 0 aliphatic rings. The zero-order chi connectivity index (χ0) is 17.6. The number of pyridine rings is 1. The summed E-state index contributed by atoms with van der Waals surface area (Å²) in [5.74, 6) is 1.35. The smallest absolute Gasteiger partial charge is 0.251 e. The molecule has 0 atom stereocenters. The van der Waals surface area contributed by atoms with Crippen LogP contribution < -0.4 is 10.9 Å². The van der Waals surface area contributed by atoms with Crippen molar-refractivity contribution >= 4 is 17.2 Å². The van der Waals surface area contributed by atoms with Crippen LogP contribution in [0.1, 0.15) is 30.2 Å². The second-order valence-electron chi connectivity index (χ2n) is 5.63. The van der Waals surface area contributed by atoms with Gasteiger partial charge in [0.1, 0.15) is 11.6 Å². The molecule has 0 saturated heterocycles. The van der Waals surface area contributed by atoms with Crippen molar-refractivity contribution < 1.29 is 0 Å². The average molecular weight is 355 g/mol. The normalized spacial score (nSPS) is 10.8. The molecule has 0 fully saturated rings. The van der Waals surface area contributed by atoms with Crippen molar-refractivity contribution in [1.82, 2.24) is 19.9 Å². The molecule has 0 unspecified atom stereocenters. The highest BCUT2D eigenvalue weighted by Gasteiger charge is 2.05. The van der Waals surface area contributed by atoms with E-state index in [1.54, 1.807) is 17.5 Å². The summed E-state index contributed by atoms with van der Waals surface area (Å²) < 4.78 is 0. The molecule has 3 rings (SSSR count). The summed E-state index contributed by atoms with van der Waals surface area (Å²) in [6.07, 6.45) is 4.29. The highest BCUT2D eigenvalue weighted by molar-refractivity contribution is 7.09. The van der Waals surface area contributed by atoms with E-state index in [0.717, 1.165) is 48.6 Å². The van der Waals surface area contributed by atoms with Crippen LogP contribution in [0.5, 0.6) is 0 Å². The van der Waals surface area contributed by atoms with E-state index in [1.807, 2.05) is 19.1 Å². The summed E-state index contributed by atoms with van der Waals surface area (Å²) in [7, 11) is 0. The van der Waals surface area contributed by atoms with Gasteiger partial charge in [0.15, 0.2) is 0 Å². The molecule has 2 N–H and O–H groups in total. The van der Waals surface area contributed by atoms with E-state index in [4.69, 9.17) is 0 Å². The van der Waals surface area contributed by atoms with Gasteiger partial charge in [-0.05, 0) is 25.0 Å². The van der Waals surface area contributed by atoms with Crippen molar-refractivity contribution in [2.45, 2.75) is 33.1 Å². The van der Waals surface area contributed by atoms with Gasteiger partial charge in [-0.2, -0.15) is 0 Å². The number of rotatable bonds is 7. The molecule has 6 nitrogen and oxygen atoms in total. The van der Waals surface area contributed by atoms with E-state index >= 15 is 0 Å². The number of anilines is 1. The van der Waals surface area contributed by atoms with E-state index in [0.29, 0.717) is 5.82 Å². The van der Waals surface area contributed by atoms with Crippen molar-refractivity contribution in [2.75, 3.05) is 11.9 Å². The maximum Gasteiger partial charge on any atom is 0.251 e. The number of H-pyrrole nitrogens is 1. The first-order valence-electron chi connectivity index (χ1n) is 8.41. The molecule has 7 heteroatoms. The van der Waals surface area contributed by atoms with Crippen LogP contribution in [0.3, 0.4) is 0 Å². The van der Waals surface area contributed by atoms with Gasteiger partial charge in [-0.25, -0.2) is 15.0 Å². The molecule has 0 radical (unpaired) electrons. The van der Waals surface area contributed by atoms with Crippen LogP contribution >= 0.6 is 11.3 Å². The van der Waals surface area contributed by atoms with E-state index in [-0.39, 0.29) is 5.56 Å². The van der Waals surface area contributed by atoms with Gasteiger partial charge in [0.05, 0.1) is 10.7 Å². The maximum atomic E-state index is 11.7. The average Bonchev–Trinajstić information content (AvgIpc) is 3.10. The van der Waals surface area contributed by atoms with Gasteiger partial charge in [-0.15, -0.1) is 11.3 Å². The predicted molar refractivity (Wildman–Crippen MR) is 101 cm³/mol. The van der Waals surface area contributed by atoms with E-state index in [2.05, 4.69) is 37.6 Å². The highest BCUT2D eigenvalue weighted by atomic mass is 32.1. The van der Waals surface area contributed by atoms with Crippen LogP contribution in [0.4, 0.5) is 5.82 Å². The predicted octanol–water partition coefficient (Wildman–Crippen LogP) is 3.07. The van der Waals surface area contributed by atoms with Gasteiger partial charge < -0.3 is 10.3 Å². The fraction of sp³-hybridized carbons (Fsp3) is 0.333. The Bertz CT molecular complexity index is 885. The Morgan fingerprint density at radius 2 is 2.04 bits per heavy atom. The molecule has 0 aliphatic carbocycles. The van der Waals surface area contributed by atoms with Crippen LogP contribution in [-0.2, 0) is 19.3 Å². The molecular formula is C18H21N5OS. The molecule has 3 aromatic rings. The number of aromatic nitrogens is 4. The minimum absolute atomic E-state index is 0.140. The van der Waals surface area contributed by atoms with Gasteiger partial charge in [0.25, 0.3) is 5.56 Å². The van der Waals surface area contributed by atoms with Crippen molar-refractivity contribution in [1.29, 1.82) is 0 Å². The monoisotopic (exact) mass is 355 g/mol. The molecule has 0 spiro atoms. The lowest BCUT2D eigenvalue weighted by molar-refractivity contribution is 0.945. The van der Waals surface area contributed by atoms with Gasteiger partial charge in [0, 0.05) is 41.9 Å². The van der Waals surface area contributed by atoms with E-state index < -0.39 is 0 Å². The van der Waals surface area contributed by atoms with Crippen molar-refractivity contribution in [2.24, 2.45) is 0 Å². The molecule has 25 heavy (non-hydrogen) atoms. The largest absolute Gasteiger partial charge is 0.370 e. The Morgan fingerprint density at radius 3 is 2.72 bits per heavy atom.